The van der Waals surface area contributed by atoms with Crippen LogP contribution in [-0.2, 0) is 9.59 Å². The summed E-state index contributed by atoms with van der Waals surface area (Å²) >= 11 is 17.9. The fourth-order valence-corrected chi connectivity index (χ4v) is 4.14. The Morgan fingerprint density at radius 3 is 2.23 bits per heavy atom. The average Bonchev–Trinajstić information content (AvgIpc) is 2.44. The van der Waals surface area contributed by atoms with Gasteiger partial charge in [-0.2, -0.15) is 0 Å². The van der Waals surface area contributed by atoms with Gasteiger partial charge in [-0.1, -0.05) is 41.2 Å². The Balaban J connectivity index is 1.73. The molecule has 0 heterocycles. The van der Waals surface area contributed by atoms with Gasteiger partial charge in [-0.25, -0.2) is 0 Å². The van der Waals surface area contributed by atoms with Crippen LogP contribution < -0.4 is 5.32 Å². The quantitative estimate of drug-likeness (QED) is 0.756. The molecule has 1 amide bonds. The third kappa shape index (κ3) is 3.12. The van der Waals surface area contributed by atoms with E-state index in [1.54, 1.807) is 6.07 Å². The van der Waals surface area contributed by atoms with Crippen LogP contribution in [-0.4, -0.2) is 11.7 Å². The van der Waals surface area contributed by atoms with Crippen LogP contribution in [0.4, 0.5) is 5.69 Å². The van der Waals surface area contributed by atoms with Gasteiger partial charge in [-0.15, -0.1) is 0 Å². The summed E-state index contributed by atoms with van der Waals surface area (Å²) < 4.78 is 0. The highest BCUT2D eigenvalue weighted by Crippen LogP contribution is 2.41. The Bertz CT molecular complexity index is 616. The number of hydrogen-bond donors (Lipinski definition) is 1. The molecule has 1 aromatic carbocycles. The summed E-state index contributed by atoms with van der Waals surface area (Å²) in [4.78, 5) is 24.6. The third-order valence-corrected chi connectivity index (χ3v) is 5.72. The molecule has 2 fully saturated rings. The molecule has 2 aliphatic carbocycles. The maximum atomic E-state index is 12.5. The number of carbonyl (C=O) groups excluding carboxylic acids is 2. The highest BCUT2D eigenvalue weighted by Gasteiger charge is 2.41. The second-order valence-electron chi connectivity index (χ2n) is 6.13. The molecule has 1 aromatic rings. The minimum Gasteiger partial charge on any atom is -0.324 e. The number of benzene rings is 1. The number of rotatable bonds is 2. The monoisotopic (exact) mass is 359 g/mol. The summed E-state index contributed by atoms with van der Waals surface area (Å²) in [5.41, 5.74) is 0.461. The Morgan fingerprint density at radius 2 is 1.59 bits per heavy atom. The normalized spacial score (nSPS) is 27.6. The molecule has 2 saturated carbocycles. The predicted molar refractivity (Wildman–Crippen MR) is 88.7 cm³/mol. The first-order valence-electron chi connectivity index (χ1n) is 7.45. The average molecular weight is 361 g/mol. The summed E-state index contributed by atoms with van der Waals surface area (Å²) in [5.74, 6) is 0.214. The van der Waals surface area contributed by atoms with E-state index < -0.39 is 0 Å². The zero-order valence-corrected chi connectivity index (χ0v) is 14.1. The van der Waals surface area contributed by atoms with E-state index in [9.17, 15) is 9.59 Å². The topological polar surface area (TPSA) is 46.2 Å². The molecule has 2 aliphatic rings. The fourth-order valence-electron chi connectivity index (χ4n) is 3.55. The summed E-state index contributed by atoms with van der Waals surface area (Å²) in [6.07, 6.45) is 4.19. The molecular formula is C16H16Cl3NO2. The number of ketones is 1. The van der Waals surface area contributed by atoms with E-state index in [0.717, 1.165) is 19.3 Å². The Morgan fingerprint density at radius 1 is 1.00 bits per heavy atom. The Labute approximate surface area is 144 Å². The molecule has 1 N–H and O–H groups in total. The van der Waals surface area contributed by atoms with Gasteiger partial charge in [0.25, 0.3) is 0 Å². The maximum Gasteiger partial charge on any atom is 0.227 e. The number of fused-ring (bicyclic) bond motifs is 2. The molecule has 0 spiro atoms. The summed E-state index contributed by atoms with van der Waals surface area (Å²) in [6.45, 7) is 0. The maximum absolute atomic E-state index is 12.5. The van der Waals surface area contributed by atoms with Gasteiger partial charge in [-0.3, -0.25) is 9.59 Å². The number of anilines is 1. The lowest BCUT2D eigenvalue weighted by atomic mass is 9.67. The van der Waals surface area contributed by atoms with Crippen LogP contribution >= 0.6 is 34.8 Å². The predicted octanol–water partition coefficient (Wildman–Crippen LogP) is 4.98. The Kier molecular flexibility index (Phi) is 4.67. The van der Waals surface area contributed by atoms with Crippen molar-refractivity contribution in [2.45, 2.75) is 32.1 Å². The molecule has 22 heavy (non-hydrogen) atoms. The lowest BCUT2D eigenvalue weighted by Gasteiger charge is -2.37. The number of nitrogens with one attached hydrogen (secondary N) is 1. The van der Waals surface area contributed by atoms with Crippen molar-refractivity contribution < 1.29 is 9.59 Å². The van der Waals surface area contributed by atoms with Crippen molar-refractivity contribution in [2.24, 2.45) is 17.8 Å². The van der Waals surface area contributed by atoms with Crippen LogP contribution in [0.5, 0.6) is 0 Å². The fraction of sp³-hybridized carbons (Fsp3) is 0.500. The second kappa shape index (κ2) is 6.38. The minimum absolute atomic E-state index is 0.0486. The van der Waals surface area contributed by atoms with Gasteiger partial charge < -0.3 is 5.32 Å². The van der Waals surface area contributed by atoms with Gasteiger partial charge in [0.05, 0.1) is 20.8 Å². The largest absolute Gasteiger partial charge is 0.324 e. The minimum atomic E-state index is -0.140. The zero-order chi connectivity index (χ0) is 15.9. The first-order chi connectivity index (χ1) is 10.5. The van der Waals surface area contributed by atoms with Crippen molar-refractivity contribution in [1.29, 1.82) is 0 Å². The van der Waals surface area contributed by atoms with Crippen molar-refractivity contribution in [3.63, 3.8) is 0 Å². The smallest absolute Gasteiger partial charge is 0.227 e. The molecule has 3 rings (SSSR count). The highest BCUT2D eigenvalue weighted by molar-refractivity contribution is 6.44. The number of hydrogen-bond acceptors (Lipinski definition) is 2. The molecule has 0 aliphatic heterocycles. The molecule has 0 aromatic heterocycles. The summed E-state index contributed by atoms with van der Waals surface area (Å²) in [6, 6.07) is 3.07. The molecular weight excluding hydrogens is 345 g/mol. The van der Waals surface area contributed by atoms with Crippen LogP contribution in [0.1, 0.15) is 32.1 Å². The van der Waals surface area contributed by atoms with Crippen LogP contribution in [0, 0.1) is 17.8 Å². The Hall–Kier alpha value is -0.770. The summed E-state index contributed by atoms with van der Waals surface area (Å²) in [7, 11) is 0. The van der Waals surface area contributed by atoms with Crippen LogP contribution in [0.25, 0.3) is 0 Å². The van der Waals surface area contributed by atoms with Gasteiger partial charge in [0.2, 0.25) is 5.91 Å². The molecule has 2 atom stereocenters. The number of Topliss-reactive ketones (excluding diaryl/α,β-unsaturated/α-hetero) is 1. The van der Waals surface area contributed by atoms with Crippen molar-refractivity contribution in [2.75, 3.05) is 5.32 Å². The molecule has 0 saturated heterocycles. The van der Waals surface area contributed by atoms with E-state index in [0.29, 0.717) is 39.4 Å². The number of amides is 1. The van der Waals surface area contributed by atoms with E-state index in [1.807, 2.05) is 0 Å². The first kappa shape index (κ1) is 16.1. The van der Waals surface area contributed by atoms with Gasteiger partial charge in [-0.05, 0) is 37.8 Å². The van der Waals surface area contributed by atoms with E-state index in [1.165, 1.54) is 6.07 Å². The van der Waals surface area contributed by atoms with Gasteiger partial charge in [0, 0.05) is 17.8 Å². The molecule has 118 valence electrons. The van der Waals surface area contributed by atoms with E-state index in [4.69, 9.17) is 34.8 Å². The van der Waals surface area contributed by atoms with Crippen molar-refractivity contribution in [1.82, 2.24) is 0 Å². The van der Waals surface area contributed by atoms with Crippen molar-refractivity contribution in [3.8, 4) is 0 Å². The zero-order valence-electron chi connectivity index (χ0n) is 11.9. The third-order valence-electron chi connectivity index (χ3n) is 4.69. The second-order valence-corrected chi connectivity index (χ2v) is 7.35. The summed E-state index contributed by atoms with van der Waals surface area (Å²) in [5, 5.41) is 3.88. The highest BCUT2D eigenvalue weighted by atomic mass is 35.5. The van der Waals surface area contributed by atoms with Crippen LogP contribution in [0.15, 0.2) is 12.1 Å². The van der Waals surface area contributed by atoms with Crippen molar-refractivity contribution >= 4 is 52.2 Å². The number of halogens is 3. The van der Waals surface area contributed by atoms with E-state index in [-0.39, 0.29) is 23.7 Å². The van der Waals surface area contributed by atoms with Crippen LogP contribution in [0.2, 0.25) is 15.1 Å². The van der Waals surface area contributed by atoms with Crippen LogP contribution in [0.3, 0.4) is 0 Å². The SMILES string of the molecule is O=C(Nc1cc(Cl)c(Cl)cc1Cl)C1CC2CCCC(C1)C2=O. The van der Waals surface area contributed by atoms with Gasteiger partial charge in [0.15, 0.2) is 0 Å². The van der Waals surface area contributed by atoms with E-state index in [2.05, 4.69) is 5.32 Å². The molecule has 3 nitrogen and oxygen atoms in total. The standard InChI is InChI=1S/C16H16Cl3NO2/c17-11-6-13(19)14(7-12(11)18)20-16(22)10-4-8-2-1-3-9(5-10)15(8)21/h6-10H,1-5H2,(H,20,22). The van der Waals surface area contributed by atoms with Gasteiger partial charge >= 0.3 is 0 Å². The lowest BCUT2D eigenvalue weighted by Crippen LogP contribution is -2.40. The first-order valence-corrected chi connectivity index (χ1v) is 8.58. The molecule has 0 radical (unpaired) electrons. The lowest BCUT2D eigenvalue weighted by molar-refractivity contribution is -0.136. The van der Waals surface area contributed by atoms with Crippen molar-refractivity contribution in [3.05, 3.63) is 27.2 Å². The van der Waals surface area contributed by atoms with Gasteiger partial charge in [0.1, 0.15) is 5.78 Å². The van der Waals surface area contributed by atoms with E-state index >= 15 is 0 Å². The molecule has 2 unspecified atom stereocenters. The number of carbonyl (C=O) groups is 2. The molecule has 2 bridgehead atoms. The molecule has 6 heteroatoms.